The highest BCUT2D eigenvalue weighted by Gasteiger charge is 2.30. The number of amides is 2. The summed E-state index contributed by atoms with van der Waals surface area (Å²) in [6.45, 7) is 4.71. The number of benzene rings is 1. The Bertz CT molecular complexity index is 1140. The molecule has 200 valence electrons. The summed E-state index contributed by atoms with van der Waals surface area (Å²) in [6, 6.07) is 8.17. The highest BCUT2D eigenvalue weighted by molar-refractivity contribution is 5.88. The zero-order valence-electron chi connectivity index (χ0n) is 21.7. The van der Waals surface area contributed by atoms with E-state index in [9.17, 15) is 9.59 Å². The maximum atomic E-state index is 12.8. The number of nitrogens with one attached hydrogen (secondary N) is 2. The summed E-state index contributed by atoms with van der Waals surface area (Å²) in [6.07, 6.45) is 8.75. The summed E-state index contributed by atoms with van der Waals surface area (Å²) in [5.74, 6) is 1.81. The molecule has 3 aliphatic rings. The summed E-state index contributed by atoms with van der Waals surface area (Å²) in [7, 11) is 1.67. The van der Waals surface area contributed by atoms with Gasteiger partial charge in [0.2, 0.25) is 0 Å². The highest BCUT2D eigenvalue weighted by atomic mass is 16.5. The minimum absolute atomic E-state index is 0.243. The van der Waals surface area contributed by atoms with Gasteiger partial charge < -0.3 is 20.7 Å². The summed E-state index contributed by atoms with van der Waals surface area (Å²) in [4.78, 5) is 33.7. The van der Waals surface area contributed by atoms with Gasteiger partial charge in [0, 0.05) is 69.2 Å². The summed E-state index contributed by atoms with van der Waals surface area (Å²) >= 11 is 0. The number of hydrogen-bond acceptors (Lipinski definition) is 7. The second-order valence-corrected chi connectivity index (χ2v) is 10.6. The molecule has 2 aliphatic carbocycles. The Labute approximate surface area is 218 Å². The fourth-order valence-electron chi connectivity index (χ4n) is 5.40. The Balaban J connectivity index is 1.30. The molecule has 1 aliphatic heterocycles. The predicted molar refractivity (Wildman–Crippen MR) is 143 cm³/mol. The molecule has 2 heterocycles. The van der Waals surface area contributed by atoms with Crippen LogP contribution in [0.5, 0.6) is 5.75 Å². The second-order valence-electron chi connectivity index (χ2n) is 10.6. The lowest BCUT2D eigenvalue weighted by Gasteiger charge is -2.36. The standard InChI is InChI=1S/C27H39N7O3/c1-37-24-16-23(34-13-10-25(31-27(34)36)30-26(35)32-14-11-29-12-15-32)7-4-20(24)18-33(17-19-2-3-19)22-8-5-21(28)6-9-22/h4,7,10,13,16,19,21-22,29H,2-3,5-6,8-9,11-12,14-15,17-18,28H2,1H3,(H,30,31,35,36). The molecule has 0 unspecified atom stereocenters. The van der Waals surface area contributed by atoms with Crippen molar-refractivity contribution in [2.45, 2.75) is 57.2 Å². The van der Waals surface area contributed by atoms with E-state index >= 15 is 0 Å². The number of nitrogens with two attached hydrogens (primary N) is 1. The van der Waals surface area contributed by atoms with Gasteiger partial charge in [0.05, 0.1) is 12.8 Å². The molecule has 0 spiro atoms. The zero-order valence-corrected chi connectivity index (χ0v) is 21.7. The molecule has 37 heavy (non-hydrogen) atoms. The molecule has 0 radical (unpaired) electrons. The van der Waals surface area contributed by atoms with E-state index in [0.29, 0.717) is 30.9 Å². The van der Waals surface area contributed by atoms with Crippen LogP contribution in [0.2, 0.25) is 0 Å². The van der Waals surface area contributed by atoms with Crippen molar-refractivity contribution >= 4 is 11.8 Å². The number of ether oxygens (including phenoxy) is 1. The molecule has 2 aromatic rings. The van der Waals surface area contributed by atoms with E-state index in [0.717, 1.165) is 69.1 Å². The number of hydrogen-bond donors (Lipinski definition) is 3. The van der Waals surface area contributed by atoms with Gasteiger partial charge in [-0.1, -0.05) is 6.07 Å². The van der Waals surface area contributed by atoms with Crippen LogP contribution in [0.3, 0.4) is 0 Å². The lowest BCUT2D eigenvalue weighted by molar-refractivity contribution is 0.134. The van der Waals surface area contributed by atoms with Crippen LogP contribution in [-0.4, -0.2) is 77.3 Å². The molecule has 5 rings (SSSR count). The van der Waals surface area contributed by atoms with Gasteiger partial charge >= 0.3 is 11.7 Å². The van der Waals surface area contributed by atoms with E-state index in [4.69, 9.17) is 10.5 Å². The highest BCUT2D eigenvalue weighted by Crippen LogP contribution is 2.34. The van der Waals surface area contributed by atoms with Crippen molar-refractivity contribution in [2.75, 3.05) is 45.2 Å². The molecule has 10 nitrogen and oxygen atoms in total. The largest absolute Gasteiger partial charge is 0.496 e. The first-order valence-corrected chi connectivity index (χ1v) is 13.5. The molecular weight excluding hydrogens is 470 g/mol. The fourth-order valence-corrected chi connectivity index (χ4v) is 5.40. The molecule has 1 aromatic carbocycles. The first-order chi connectivity index (χ1) is 18.0. The minimum Gasteiger partial charge on any atom is -0.496 e. The van der Waals surface area contributed by atoms with Gasteiger partial charge in [-0.3, -0.25) is 14.8 Å². The monoisotopic (exact) mass is 509 g/mol. The quantitative estimate of drug-likeness (QED) is 0.499. The van der Waals surface area contributed by atoms with E-state index in [2.05, 4.69) is 26.6 Å². The van der Waals surface area contributed by atoms with Crippen LogP contribution in [0.25, 0.3) is 5.69 Å². The van der Waals surface area contributed by atoms with Crippen molar-refractivity contribution in [1.29, 1.82) is 0 Å². The summed E-state index contributed by atoms with van der Waals surface area (Å²) in [5.41, 5.74) is 7.50. The molecule has 2 saturated carbocycles. The summed E-state index contributed by atoms with van der Waals surface area (Å²) < 4.78 is 7.24. The average Bonchev–Trinajstić information content (AvgIpc) is 3.74. The Morgan fingerprint density at radius 1 is 1.16 bits per heavy atom. The first-order valence-electron chi connectivity index (χ1n) is 13.5. The minimum atomic E-state index is -0.457. The van der Waals surface area contributed by atoms with Crippen molar-refractivity contribution in [3.05, 3.63) is 46.5 Å². The number of aromatic nitrogens is 2. The van der Waals surface area contributed by atoms with Crippen LogP contribution in [0.1, 0.15) is 44.1 Å². The van der Waals surface area contributed by atoms with E-state index in [1.807, 2.05) is 12.1 Å². The van der Waals surface area contributed by atoms with Gasteiger partial charge in [0.25, 0.3) is 0 Å². The second kappa shape index (κ2) is 11.6. The molecule has 2 amide bonds. The lowest BCUT2D eigenvalue weighted by atomic mass is 9.90. The van der Waals surface area contributed by atoms with E-state index < -0.39 is 5.69 Å². The molecule has 3 fully saturated rings. The average molecular weight is 510 g/mol. The predicted octanol–water partition coefficient (Wildman–Crippen LogP) is 2.16. The van der Waals surface area contributed by atoms with Gasteiger partial charge in [0.15, 0.2) is 0 Å². The SMILES string of the molecule is COc1cc(-n2ccc(NC(=O)N3CCNCC3)nc2=O)ccc1CN(CC1CC1)C1CCC(N)CC1. The Hall–Kier alpha value is -2.95. The fraction of sp³-hybridized carbons (Fsp3) is 0.593. The van der Waals surface area contributed by atoms with Crippen LogP contribution in [0.15, 0.2) is 35.3 Å². The molecule has 4 N–H and O–H groups in total. The van der Waals surface area contributed by atoms with Crippen LogP contribution in [0, 0.1) is 5.92 Å². The Morgan fingerprint density at radius 3 is 2.59 bits per heavy atom. The number of methoxy groups -OCH3 is 1. The smallest absolute Gasteiger partial charge is 0.354 e. The number of anilines is 1. The van der Waals surface area contributed by atoms with Gasteiger partial charge in [0.1, 0.15) is 11.6 Å². The number of rotatable bonds is 8. The Morgan fingerprint density at radius 2 is 1.92 bits per heavy atom. The maximum absolute atomic E-state index is 12.8. The molecule has 1 aromatic heterocycles. The molecule has 10 heteroatoms. The normalized spacial score (nSPS) is 22.2. The first kappa shape index (κ1) is 25.7. The van der Waals surface area contributed by atoms with E-state index in [1.54, 1.807) is 24.3 Å². The number of carbonyl (C=O) groups is 1. The molecule has 1 saturated heterocycles. The summed E-state index contributed by atoms with van der Waals surface area (Å²) in [5, 5.41) is 5.95. The van der Waals surface area contributed by atoms with Crippen LogP contribution >= 0.6 is 0 Å². The van der Waals surface area contributed by atoms with Crippen molar-refractivity contribution < 1.29 is 9.53 Å². The van der Waals surface area contributed by atoms with Gasteiger partial charge in [-0.15, -0.1) is 0 Å². The number of carbonyl (C=O) groups excluding carboxylic acids is 1. The van der Waals surface area contributed by atoms with E-state index in [-0.39, 0.29) is 11.8 Å². The van der Waals surface area contributed by atoms with Crippen molar-refractivity contribution in [2.24, 2.45) is 11.7 Å². The van der Waals surface area contributed by atoms with Crippen molar-refractivity contribution in [1.82, 2.24) is 24.7 Å². The van der Waals surface area contributed by atoms with Crippen molar-refractivity contribution in [3.63, 3.8) is 0 Å². The van der Waals surface area contributed by atoms with E-state index in [1.165, 1.54) is 17.4 Å². The number of nitrogens with zero attached hydrogens (tertiary/aromatic N) is 4. The molecular formula is C27H39N7O3. The van der Waals surface area contributed by atoms with Crippen LogP contribution < -0.4 is 26.8 Å². The van der Waals surface area contributed by atoms with Crippen LogP contribution in [-0.2, 0) is 6.54 Å². The number of piperazine rings is 1. The molecule has 0 atom stereocenters. The van der Waals surface area contributed by atoms with Crippen LogP contribution in [0.4, 0.5) is 10.6 Å². The number of urea groups is 1. The van der Waals surface area contributed by atoms with Gasteiger partial charge in [-0.25, -0.2) is 9.59 Å². The maximum Gasteiger partial charge on any atom is 0.354 e. The lowest BCUT2D eigenvalue weighted by Crippen LogP contribution is -2.48. The van der Waals surface area contributed by atoms with Gasteiger partial charge in [-0.05, 0) is 56.6 Å². The van der Waals surface area contributed by atoms with Crippen molar-refractivity contribution in [3.8, 4) is 11.4 Å². The molecule has 0 bridgehead atoms. The third-order valence-corrected chi connectivity index (χ3v) is 7.81. The topological polar surface area (TPSA) is 118 Å². The zero-order chi connectivity index (χ0) is 25.8. The Kier molecular flexibility index (Phi) is 8.07. The third kappa shape index (κ3) is 6.49. The van der Waals surface area contributed by atoms with Gasteiger partial charge in [-0.2, -0.15) is 4.98 Å². The third-order valence-electron chi connectivity index (χ3n) is 7.81.